The highest BCUT2D eigenvalue weighted by Gasteiger charge is 2.19. The average Bonchev–Trinajstić information content (AvgIpc) is 3.34. The van der Waals surface area contributed by atoms with Crippen LogP contribution < -0.4 is 14.8 Å². The molecular formula is C32H35NO4. The maximum Gasteiger partial charge on any atom is 0.248 e. The minimum atomic E-state index is -0.181. The van der Waals surface area contributed by atoms with Crippen molar-refractivity contribution < 1.29 is 18.7 Å². The Morgan fingerprint density at radius 3 is 2.57 bits per heavy atom. The highest BCUT2D eigenvalue weighted by atomic mass is 16.5. The molecule has 0 aliphatic rings. The van der Waals surface area contributed by atoms with E-state index in [4.69, 9.17) is 13.9 Å². The van der Waals surface area contributed by atoms with Crippen LogP contribution in [0, 0.1) is 6.92 Å². The Morgan fingerprint density at radius 1 is 1.08 bits per heavy atom. The Bertz CT molecular complexity index is 1410. The maximum atomic E-state index is 12.9. The van der Waals surface area contributed by atoms with Crippen molar-refractivity contribution in [2.75, 3.05) is 19.0 Å². The third kappa shape index (κ3) is 5.88. The van der Waals surface area contributed by atoms with Gasteiger partial charge in [-0.3, -0.25) is 4.79 Å². The molecule has 4 rings (SSSR count). The minimum absolute atomic E-state index is 0.181. The molecule has 0 atom stereocenters. The summed E-state index contributed by atoms with van der Waals surface area (Å²) in [7, 11) is 1.66. The van der Waals surface area contributed by atoms with E-state index in [1.54, 1.807) is 19.4 Å². The topological polar surface area (TPSA) is 60.7 Å². The van der Waals surface area contributed by atoms with E-state index in [0.717, 1.165) is 75.2 Å². The summed E-state index contributed by atoms with van der Waals surface area (Å²) in [4.78, 5) is 12.9. The normalized spacial score (nSPS) is 11.5. The molecule has 5 heteroatoms. The summed E-state index contributed by atoms with van der Waals surface area (Å²) in [6.45, 7) is 8.57. The first-order chi connectivity index (χ1) is 17.9. The van der Waals surface area contributed by atoms with Gasteiger partial charge in [0.05, 0.1) is 20.0 Å². The second kappa shape index (κ2) is 11.8. The number of methoxy groups -OCH3 is 1. The van der Waals surface area contributed by atoms with Crippen molar-refractivity contribution in [3.63, 3.8) is 0 Å². The third-order valence-electron chi connectivity index (χ3n) is 6.53. The third-order valence-corrected chi connectivity index (χ3v) is 6.53. The predicted molar refractivity (Wildman–Crippen MR) is 151 cm³/mol. The lowest BCUT2D eigenvalue weighted by Crippen LogP contribution is -2.09. The minimum Gasteiger partial charge on any atom is -0.497 e. The number of rotatable bonds is 10. The van der Waals surface area contributed by atoms with Crippen molar-refractivity contribution in [1.82, 2.24) is 0 Å². The van der Waals surface area contributed by atoms with E-state index in [1.165, 1.54) is 5.56 Å². The van der Waals surface area contributed by atoms with Crippen LogP contribution in [0.5, 0.6) is 11.5 Å². The molecule has 0 saturated carbocycles. The molecule has 4 aromatic rings. The van der Waals surface area contributed by atoms with Gasteiger partial charge in [-0.25, -0.2) is 0 Å². The smallest absolute Gasteiger partial charge is 0.248 e. The number of fused-ring (bicyclic) bond motifs is 1. The molecule has 3 aromatic carbocycles. The van der Waals surface area contributed by atoms with Crippen LogP contribution in [0.4, 0.5) is 5.69 Å². The second-order valence-electron chi connectivity index (χ2n) is 9.19. The maximum absolute atomic E-state index is 12.9. The number of carbonyl (C=O) groups is 1. The van der Waals surface area contributed by atoms with E-state index in [-0.39, 0.29) is 5.91 Å². The number of ether oxygens (including phenoxy) is 2. The van der Waals surface area contributed by atoms with Gasteiger partial charge < -0.3 is 19.2 Å². The first kappa shape index (κ1) is 26.1. The number of aryl methyl sites for hydroxylation is 2. The monoisotopic (exact) mass is 497 g/mol. The highest BCUT2D eigenvalue weighted by molar-refractivity contribution is 6.06. The molecule has 37 heavy (non-hydrogen) atoms. The number of unbranched alkanes of at least 4 members (excludes halogenated alkanes) is 1. The summed E-state index contributed by atoms with van der Waals surface area (Å²) in [5, 5.41) is 3.94. The van der Waals surface area contributed by atoms with E-state index in [9.17, 15) is 4.79 Å². The summed E-state index contributed by atoms with van der Waals surface area (Å²) in [5.41, 5.74) is 7.36. The Kier molecular flexibility index (Phi) is 8.34. The van der Waals surface area contributed by atoms with Crippen molar-refractivity contribution in [2.45, 2.75) is 47.0 Å². The number of hydrogen-bond acceptors (Lipinski definition) is 4. The van der Waals surface area contributed by atoms with Gasteiger partial charge in [0, 0.05) is 33.8 Å². The highest BCUT2D eigenvalue weighted by Crippen LogP contribution is 2.41. The standard InChI is InChI=1S/C32H35NO4/c1-6-8-10-23-13-15-25(16-14-23)33-30(34)17-21(3)27-19-28-29(24-11-9-12-26(18-24)35-5)20-37-32(28)22(4)31(27)36-7-2/h9,11-20H,6-8,10H2,1-5H3,(H,33,34)/b21-17+. The fourth-order valence-electron chi connectivity index (χ4n) is 4.54. The zero-order valence-electron chi connectivity index (χ0n) is 22.3. The van der Waals surface area contributed by atoms with Crippen molar-refractivity contribution in [3.8, 4) is 22.6 Å². The van der Waals surface area contributed by atoms with Gasteiger partial charge in [0.25, 0.3) is 0 Å². The number of carbonyl (C=O) groups excluding carboxylic acids is 1. The molecule has 0 aliphatic carbocycles. The molecule has 1 amide bonds. The second-order valence-corrected chi connectivity index (χ2v) is 9.19. The lowest BCUT2D eigenvalue weighted by atomic mass is 9.96. The molecule has 1 N–H and O–H groups in total. The molecule has 0 spiro atoms. The summed E-state index contributed by atoms with van der Waals surface area (Å²) < 4.78 is 17.5. The summed E-state index contributed by atoms with van der Waals surface area (Å²) in [6.07, 6.45) is 6.77. The van der Waals surface area contributed by atoms with Gasteiger partial charge >= 0.3 is 0 Å². The number of nitrogens with one attached hydrogen (secondary N) is 1. The molecular weight excluding hydrogens is 462 g/mol. The van der Waals surface area contributed by atoms with Crippen LogP contribution in [0.2, 0.25) is 0 Å². The Labute approximate surface area is 219 Å². The Hall–Kier alpha value is -3.99. The van der Waals surface area contributed by atoms with Crippen molar-refractivity contribution in [3.05, 3.63) is 83.6 Å². The van der Waals surface area contributed by atoms with Crippen LogP contribution in [0.3, 0.4) is 0 Å². The van der Waals surface area contributed by atoms with E-state index < -0.39 is 0 Å². The van der Waals surface area contributed by atoms with Gasteiger partial charge in [-0.1, -0.05) is 37.6 Å². The quantitative estimate of drug-likeness (QED) is 0.224. The zero-order chi connectivity index (χ0) is 26.4. The first-order valence-electron chi connectivity index (χ1n) is 12.9. The van der Waals surface area contributed by atoms with Crippen LogP contribution in [0.15, 0.2) is 71.4 Å². The van der Waals surface area contributed by atoms with Gasteiger partial charge in [0.1, 0.15) is 17.1 Å². The predicted octanol–water partition coefficient (Wildman–Crippen LogP) is 8.20. The molecule has 5 nitrogen and oxygen atoms in total. The lowest BCUT2D eigenvalue weighted by Gasteiger charge is -2.15. The van der Waals surface area contributed by atoms with Crippen molar-refractivity contribution in [2.24, 2.45) is 0 Å². The molecule has 192 valence electrons. The molecule has 0 fully saturated rings. The van der Waals surface area contributed by atoms with Crippen LogP contribution in [0.25, 0.3) is 27.7 Å². The van der Waals surface area contributed by atoms with Crippen LogP contribution in [-0.2, 0) is 11.2 Å². The SMILES string of the molecule is CCCCc1ccc(NC(=O)/C=C(\C)c2cc3c(-c4cccc(OC)c4)coc3c(C)c2OCC)cc1. The average molecular weight is 498 g/mol. The number of anilines is 1. The zero-order valence-corrected chi connectivity index (χ0v) is 22.3. The largest absolute Gasteiger partial charge is 0.497 e. The van der Waals surface area contributed by atoms with Gasteiger partial charge in [-0.05, 0) is 80.6 Å². The number of furan rings is 1. The van der Waals surface area contributed by atoms with E-state index in [0.29, 0.717) is 6.61 Å². The van der Waals surface area contributed by atoms with Gasteiger partial charge in [0.2, 0.25) is 5.91 Å². The van der Waals surface area contributed by atoms with Crippen LogP contribution >= 0.6 is 0 Å². The fraction of sp³-hybridized carbons (Fsp3) is 0.281. The number of allylic oxidation sites excluding steroid dienone is 1. The van der Waals surface area contributed by atoms with Crippen LogP contribution in [-0.4, -0.2) is 19.6 Å². The van der Waals surface area contributed by atoms with Crippen molar-refractivity contribution in [1.29, 1.82) is 0 Å². The fourth-order valence-corrected chi connectivity index (χ4v) is 4.54. The molecule has 1 heterocycles. The molecule has 0 radical (unpaired) electrons. The number of amides is 1. The Morgan fingerprint density at radius 2 is 1.86 bits per heavy atom. The molecule has 0 unspecified atom stereocenters. The van der Waals surface area contributed by atoms with Crippen molar-refractivity contribution >= 4 is 28.1 Å². The van der Waals surface area contributed by atoms with E-state index >= 15 is 0 Å². The summed E-state index contributed by atoms with van der Waals surface area (Å²) >= 11 is 0. The van der Waals surface area contributed by atoms with Gasteiger partial charge in [0.15, 0.2) is 0 Å². The molecule has 0 saturated heterocycles. The van der Waals surface area contributed by atoms with E-state index in [1.807, 2.05) is 63.2 Å². The van der Waals surface area contributed by atoms with Crippen LogP contribution in [0.1, 0.15) is 50.3 Å². The number of hydrogen-bond donors (Lipinski definition) is 1. The first-order valence-corrected chi connectivity index (χ1v) is 12.9. The van der Waals surface area contributed by atoms with Gasteiger partial charge in [-0.2, -0.15) is 0 Å². The molecule has 1 aromatic heterocycles. The molecule has 0 aliphatic heterocycles. The summed E-state index contributed by atoms with van der Waals surface area (Å²) in [5.74, 6) is 1.32. The summed E-state index contributed by atoms with van der Waals surface area (Å²) in [6, 6.07) is 18.0. The van der Waals surface area contributed by atoms with E-state index in [2.05, 4.69) is 24.4 Å². The van der Waals surface area contributed by atoms with Gasteiger partial charge in [-0.15, -0.1) is 0 Å². The number of benzene rings is 3. The molecule has 0 bridgehead atoms. The Balaban J connectivity index is 1.68. The lowest BCUT2D eigenvalue weighted by molar-refractivity contribution is -0.111.